The predicted octanol–water partition coefficient (Wildman–Crippen LogP) is 3.93. The lowest BCUT2D eigenvalue weighted by molar-refractivity contribution is -0.131. The number of likely N-dealkylation sites (N-methyl/N-ethyl adjacent to an activating group) is 1. The fraction of sp³-hybridized carbons (Fsp3) is 0.417. The zero-order valence-electron chi connectivity index (χ0n) is 17.8. The normalized spacial score (nSPS) is 21.4. The Morgan fingerprint density at radius 1 is 1.13 bits per heavy atom. The van der Waals surface area contributed by atoms with Crippen molar-refractivity contribution in [3.05, 3.63) is 59.7 Å². The van der Waals surface area contributed by atoms with E-state index in [1.54, 1.807) is 7.05 Å². The Morgan fingerprint density at radius 3 is 2.71 bits per heavy atom. The number of aromatic nitrogens is 2. The van der Waals surface area contributed by atoms with Gasteiger partial charge in [-0.3, -0.25) is 4.79 Å². The summed E-state index contributed by atoms with van der Waals surface area (Å²) in [7, 11) is 1.80. The molecule has 1 amide bonds. The molecule has 31 heavy (non-hydrogen) atoms. The molecule has 2 saturated heterocycles. The van der Waals surface area contributed by atoms with Crippen molar-refractivity contribution >= 4 is 22.6 Å². The Kier molecular flexibility index (Phi) is 5.36. The van der Waals surface area contributed by atoms with Gasteiger partial charge in [0.2, 0.25) is 5.91 Å². The maximum atomic E-state index is 13.4. The minimum absolute atomic E-state index is 0.0129. The molecule has 2 unspecified atom stereocenters. The number of nitrogens with one attached hydrogen (secondary N) is 2. The third-order valence-corrected chi connectivity index (χ3v) is 6.54. The summed E-state index contributed by atoms with van der Waals surface area (Å²) in [6.07, 6.45) is 4.11. The molecule has 162 valence electrons. The van der Waals surface area contributed by atoms with Gasteiger partial charge in [0.05, 0.1) is 29.7 Å². The highest BCUT2D eigenvalue weighted by molar-refractivity contribution is 5.80. The number of halogens is 1. The van der Waals surface area contributed by atoms with Gasteiger partial charge in [0.15, 0.2) is 0 Å². The van der Waals surface area contributed by atoms with Crippen LogP contribution in [0.3, 0.4) is 0 Å². The number of benzene rings is 2. The van der Waals surface area contributed by atoms with Crippen molar-refractivity contribution in [1.29, 1.82) is 0 Å². The summed E-state index contributed by atoms with van der Waals surface area (Å²) < 4.78 is 13.4. The average Bonchev–Trinajstić information content (AvgIpc) is 3.52. The van der Waals surface area contributed by atoms with Crippen molar-refractivity contribution in [3.63, 3.8) is 0 Å². The summed E-state index contributed by atoms with van der Waals surface area (Å²) in [5.41, 5.74) is 4.22. The van der Waals surface area contributed by atoms with E-state index >= 15 is 0 Å². The van der Waals surface area contributed by atoms with Crippen LogP contribution in [0.5, 0.6) is 0 Å². The molecule has 3 heterocycles. The number of carbonyl (C=O) groups excluding carboxylic acids is 1. The monoisotopic (exact) mass is 421 g/mol. The fourth-order valence-corrected chi connectivity index (χ4v) is 5.07. The van der Waals surface area contributed by atoms with Gasteiger partial charge in [-0.05, 0) is 74.7 Å². The first-order valence-corrected chi connectivity index (χ1v) is 11.1. The summed E-state index contributed by atoms with van der Waals surface area (Å²) in [5, 5.41) is 2.96. The Balaban J connectivity index is 1.42. The summed E-state index contributed by atoms with van der Waals surface area (Å²) in [6, 6.07) is 13.5. The lowest BCUT2D eigenvalue weighted by atomic mass is 10.0. The van der Waals surface area contributed by atoms with Crippen LogP contribution in [0.4, 0.5) is 10.1 Å². The number of nitrogens with zero attached hydrogens (tertiary/aromatic N) is 3. The van der Waals surface area contributed by atoms with E-state index in [-0.39, 0.29) is 23.8 Å². The number of amides is 1. The van der Waals surface area contributed by atoms with E-state index in [1.165, 1.54) is 17.7 Å². The van der Waals surface area contributed by atoms with Gasteiger partial charge in [-0.1, -0.05) is 6.07 Å². The maximum absolute atomic E-state index is 13.4. The number of rotatable bonds is 5. The minimum atomic E-state index is -0.208. The molecule has 2 aliphatic rings. The molecule has 5 rings (SSSR count). The van der Waals surface area contributed by atoms with Gasteiger partial charge in [0.1, 0.15) is 11.6 Å². The number of likely N-dealkylation sites (tertiary alicyclic amines) is 1. The van der Waals surface area contributed by atoms with Gasteiger partial charge >= 0.3 is 0 Å². The zero-order chi connectivity index (χ0) is 21.4. The maximum Gasteiger partial charge on any atom is 0.237 e. The van der Waals surface area contributed by atoms with E-state index in [0.29, 0.717) is 6.54 Å². The second-order valence-electron chi connectivity index (χ2n) is 8.50. The number of hydrogen-bond acceptors (Lipinski definition) is 4. The van der Waals surface area contributed by atoms with E-state index in [9.17, 15) is 9.18 Å². The van der Waals surface area contributed by atoms with Crippen LogP contribution in [0.25, 0.3) is 11.0 Å². The molecule has 7 heteroatoms. The molecule has 2 fully saturated rings. The fourth-order valence-electron chi connectivity index (χ4n) is 5.07. The van der Waals surface area contributed by atoms with Crippen molar-refractivity contribution in [2.24, 2.45) is 0 Å². The number of anilines is 1. The summed E-state index contributed by atoms with van der Waals surface area (Å²) >= 11 is 0. The quantitative estimate of drug-likeness (QED) is 0.655. The Labute approximate surface area is 181 Å². The first-order chi connectivity index (χ1) is 15.1. The summed E-state index contributed by atoms with van der Waals surface area (Å²) in [5.74, 6) is 0.781. The summed E-state index contributed by atoms with van der Waals surface area (Å²) in [4.78, 5) is 25.1. The zero-order valence-corrected chi connectivity index (χ0v) is 17.8. The van der Waals surface area contributed by atoms with Crippen molar-refractivity contribution in [1.82, 2.24) is 20.2 Å². The lowest BCUT2D eigenvalue weighted by Gasteiger charge is -2.27. The van der Waals surface area contributed by atoms with Gasteiger partial charge in [-0.2, -0.15) is 0 Å². The van der Waals surface area contributed by atoms with Crippen LogP contribution in [-0.2, 0) is 4.79 Å². The minimum Gasteiger partial charge on any atom is -0.364 e. The van der Waals surface area contributed by atoms with E-state index in [2.05, 4.69) is 33.4 Å². The first kappa shape index (κ1) is 20.0. The molecule has 2 aromatic carbocycles. The molecule has 0 saturated carbocycles. The van der Waals surface area contributed by atoms with Crippen molar-refractivity contribution in [2.75, 3.05) is 31.6 Å². The van der Waals surface area contributed by atoms with Gasteiger partial charge < -0.3 is 20.1 Å². The van der Waals surface area contributed by atoms with Crippen LogP contribution in [0.1, 0.15) is 49.2 Å². The van der Waals surface area contributed by atoms with E-state index in [4.69, 9.17) is 4.98 Å². The van der Waals surface area contributed by atoms with Crippen LogP contribution in [-0.4, -0.2) is 47.5 Å². The molecule has 0 radical (unpaired) electrons. The van der Waals surface area contributed by atoms with Crippen molar-refractivity contribution in [2.45, 2.75) is 37.8 Å². The Morgan fingerprint density at radius 2 is 1.90 bits per heavy atom. The molecule has 1 aromatic heterocycles. The van der Waals surface area contributed by atoms with Crippen molar-refractivity contribution < 1.29 is 9.18 Å². The number of hydrogen-bond donors (Lipinski definition) is 2. The molecule has 3 aromatic rings. The van der Waals surface area contributed by atoms with Crippen LogP contribution < -0.4 is 10.2 Å². The van der Waals surface area contributed by atoms with Crippen LogP contribution in [0.2, 0.25) is 0 Å². The highest BCUT2D eigenvalue weighted by Crippen LogP contribution is 2.37. The second-order valence-corrected chi connectivity index (χ2v) is 8.50. The number of imidazole rings is 1. The molecule has 2 N–H and O–H groups in total. The number of H-pyrrole nitrogens is 1. The third-order valence-electron chi connectivity index (χ3n) is 6.54. The largest absolute Gasteiger partial charge is 0.364 e. The highest BCUT2D eigenvalue weighted by Gasteiger charge is 2.32. The molecular formula is C24H28FN5O. The Bertz CT molecular complexity index is 1080. The molecule has 0 spiro atoms. The number of aromatic amines is 1. The number of carbonyl (C=O) groups is 1. The van der Waals surface area contributed by atoms with E-state index in [0.717, 1.165) is 61.3 Å². The molecule has 2 aliphatic heterocycles. The second kappa shape index (κ2) is 8.30. The highest BCUT2D eigenvalue weighted by atomic mass is 19.1. The Hall–Kier alpha value is -2.93. The standard InChI is InChI=1S/C24H28FN5O/c1-26-15-23(31)30-13-3-5-22(30)24-27-19-11-6-16(14-20(19)28-24)21-4-2-12-29(21)18-9-7-17(25)8-10-18/h6-11,14,21-22,26H,2-5,12-13,15H2,1H3,(H,27,28). The van der Waals surface area contributed by atoms with E-state index < -0.39 is 0 Å². The average molecular weight is 422 g/mol. The predicted molar refractivity (Wildman–Crippen MR) is 119 cm³/mol. The number of fused-ring (bicyclic) bond motifs is 1. The molecule has 6 nitrogen and oxygen atoms in total. The first-order valence-electron chi connectivity index (χ1n) is 11.1. The van der Waals surface area contributed by atoms with Gasteiger partial charge in [0, 0.05) is 18.8 Å². The molecular weight excluding hydrogens is 393 g/mol. The molecule has 0 bridgehead atoms. The van der Waals surface area contributed by atoms with Crippen LogP contribution >= 0.6 is 0 Å². The lowest BCUT2D eigenvalue weighted by Crippen LogP contribution is -2.37. The van der Waals surface area contributed by atoms with Gasteiger partial charge in [-0.15, -0.1) is 0 Å². The topological polar surface area (TPSA) is 64.3 Å². The third kappa shape index (κ3) is 3.78. The summed E-state index contributed by atoms with van der Waals surface area (Å²) in [6.45, 7) is 2.09. The molecule has 0 aliphatic carbocycles. The van der Waals surface area contributed by atoms with Crippen LogP contribution in [0, 0.1) is 5.82 Å². The molecule has 2 atom stereocenters. The SMILES string of the molecule is CNCC(=O)N1CCCC1c1nc2ccc(C3CCCN3c3ccc(F)cc3)cc2[nH]1. The van der Waals surface area contributed by atoms with Gasteiger partial charge in [-0.25, -0.2) is 9.37 Å². The van der Waals surface area contributed by atoms with E-state index in [1.807, 2.05) is 17.0 Å². The van der Waals surface area contributed by atoms with Gasteiger partial charge in [0.25, 0.3) is 0 Å². The smallest absolute Gasteiger partial charge is 0.237 e. The van der Waals surface area contributed by atoms with Crippen molar-refractivity contribution in [3.8, 4) is 0 Å². The van der Waals surface area contributed by atoms with Crippen LogP contribution in [0.15, 0.2) is 42.5 Å².